The molecule has 0 atom stereocenters. The van der Waals surface area contributed by atoms with Crippen LogP contribution in [0.2, 0.25) is 0 Å². The molecule has 0 fully saturated rings. The lowest BCUT2D eigenvalue weighted by Crippen LogP contribution is -2.40. The number of hydrogen-bond acceptors (Lipinski definition) is 4. The molecule has 2 aromatic carbocycles. The van der Waals surface area contributed by atoms with Gasteiger partial charge in [-0.05, 0) is 24.3 Å². The minimum atomic E-state index is -3.91. The first-order chi connectivity index (χ1) is 12.0. The smallest absolute Gasteiger partial charge is 0.264 e. The fourth-order valence-electron chi connectivity index (χ4n) is 2.17. The molecule has 1 N–H and O–H groups in total. The molecule has 0 aromatic heterocycles. The van der Waals surface area contributed by atoms with Crippen molar-refractivity contribution in [3.05, 3.63) is 67.3 Å². The highest BCUT2D eigenvalue weighted by molar-refractivity contribution is 7.92. The quantitative estimate of drug-likeness (QED) is 0.732. The van der Waals surface area contributed by atoms with E-state index < -0.39 is 15.9 Å². The van der Waals surface area contributed by atoms with Crippen molar-refractivity contribution < 1.29 is 17.9 Å². The van der Waals surface area contributed by atoms with Crippen molar-refractivity contribution in [2.45, 2.75) is 4.90 Å². The molecular formula is C18H20N2O4S. The number of methoxy groups -OCH3 is 1. The van der Waals surface area contributed by atoms with E-state index in [1.807, 2.05) is 0 Å². The van der Waals surface area contributed by atoms with E-state index in [4.69, 9.17) is 4.74 Å². The molecular weight excluding hydrogens is 340 g/mol. The van der Waals surface area contributed by atoms with Crippen molar-refractivity contribution in [3.8, 4) is 5.75 Å². The molecule has 2 aromatic rings. The van der Waals surface area contributed by atoms with Crippen LogP contribution in [0.25, 0.3) is 0 Å². The topological polar surface area (TPSA) is 75.7 Å². The molecule has 0 aliphatic rings. The number of carbonyl (C=O) groups is 1. The normalized spacial score (nSPS) is 10.8. The second-order valence-corrected chi connectivity index (χ2v) is 6.98. The molecule has 0 radical (unpaired) electrons. The lowest BCUT2D eigenvalue weighted by Gasteiger charge is -2.24. The number of hydrogen-bond donors (Lipinski definition) is 1. The van der Waals surface area contributed by atoms with Crippen LogP contribution in [0, 0.1) is 0 Å². The van der Waals surface area contributed by atoms with Gasteiger partial charge in [0.25, 0.3) is 10.0 Å². The summed E-state index contributed by atoms with van der Waals surface area (Å²) in [5.41, 5.74) is 0.344. The Bertz CT molecular complexity index is 835. The van der Waals surface area contributed by atoms with Crippen molar-refractivity contribution in [2.24, 2.45) is 0 Å². The number of ether oxygens (including phenoxy) is 1. The Balaban J connectivity index is 2.44. The number of rotatable bonds is 8. The molecule has 2 rings (SSSR count). The Morgan fingerprint density at radius 1 is 1.20 bits per heavy atom. The highest BCUT2D eigenvalue weighted by atomic mass is 32.2. The zero-order valence-corrected chi connectivity index (χ0v) is 14.7. The van der Waals surface area contributed by atoms with Gasteiger partial charge in [-0.3, -0.25) is 9.10 Å². The van der Waals surface area contributed by atoms with Crippen LogP contribution in [0.5, 0.6) is 5.75 Å². The highest BCUT2D eigenvalue weighted by Crippen LogP contribution is 2.26. The van der Waals surface area contributed by atoms with Crippen molar-refractivity contribution in [1.29, 1.82) is 0 Å². The summed E-state index contributed by atoms with van der Waals surface area (Å²) in [6, 6.07) is 14.5. The predicted molar refractivity (Wildman–Crippen MR) is 97.2 cm³/mol. The van der Waals surface area contributed by atoms with Gasteiger partial charge in [0.05, 0.1) is 17.7 Å². The molecule has 0 spiro atoms. The van der Waals surface area contributed by atoms with E-state index in [2.05, 4.69) is 11.9 Å². The fraction of sp³-hybridized carbons (Fsp3) is 0.167. The molecule has 0 saturated heterocycles. The summed E-state index contributed by atoms with van der Waals surface area (Å²) in [6.07, 6.45) is 1.53. The summed E-state index contributed by atoms with van der Waals surface area (Å²) in [5.74, 6) is 0.0690. The van der Waals surface area contributed by atoms with E-state index in [1.165, 1.54) is 25.3 Å². The summed E-state index contributed by atoms with van der Waals surface area (Å²) in [7, 11) is -2.42. The monoisotopic (exact) mass is 360 g/mol. The standard InChI is InChI=1S/C18H20N2O4S/c1-3-12-19-18(21)14-20(15-8-7-9-16(13-15)24-2)25(22,23)17-10-5-4-6-11-17/h3-11,13H,1,12,14H2,2H3,(H,19,21). The summed E-state index contributed by atoms with van der Waals surface area (Å²) in [6.45, 7) is 3.44. The van der Waals surface area contributed by atoms with Crippen LogP contribution in [0.15, 0.2) is 72.1 Å². The van der Waals surface area contributed by atoms with Gasteiger partial charge in [-0.15, -0.1) is 6.58 Å². The van der Waals surface area contributed by atoms with E-state index in [1.54, 1.807) is 42.5 Å². The van der Waals surface area contributed by atoms with Gasteiger partial charge in [-0.1, -0.05) is 30.3 Å². The van der Waals surface area contributed by atoms with Crippen LogP contribution in [-0.2, 0) is 14.8 Å². The van der Waals surface area contributed by atoms with E-state index in [-0.39, 0.29) is 18.0 Å². The molecule has 0 heterocycles. The number of sulfonamides is 1. The zero-order valence-electron chi connectivity index (χ0n) is 13.9. The van der Waals surface area contributed by atoms with Crippen LogP contribution in [0.4, 0.5) is 5.69 Å². The molecule has 0 unspecified atom stereocenters. The SMILES string of the molecule is C=CCNC(=O)CN(c1cccc(OC)c1)S(=O)(=O)c1ccccc1. The van der Waals surface area contributed by atoms with Crippen LogP contribution in [0.3, 0.4) is 0 Å². The maximum Gasteiger partial charge on any atom is 0.264 e. The van der Waals surface area contributed by atoms with Crippen LogP contribution >= 0.6 is 0 Å². The van der Waals surface area contributed by atoms with Crippen LogP contribution in [0.1, 0.15) is 0 Å². The summed E-state index contributed by atoms with van der Waals surface area (Å²) in [5, 5.41) is 2.59. The summed E-state index contributed by atoms with van der Waals surface area (Å²) < 4.78 is 32.3. The first-order valence-electron chi connectivity index (χ1n) is 7.58. The van der Waals surface area contributed by atoms with Gasteiger partial charge in [0.1, 0.15) is 12.3 Å². The summed E-state index contributed by atoms with van der Waals surface area (Å²) in [4.78, 5) is 12.2. The average molecular weight is 360 g/mol. The van der Waals surface area contributed by atoms with E-state index in [0.29, 0.717) is 11.4 Å². The van der Waals surface area contributed by atoms with Gasteiger partial charge in [0, 0.05) is 12.6 Å². The Morgan fingerprint density at radius 3 is 2.56 bits per heavy atom. The van der Waals surface area contributed by atoms with Gasteiger partial charge in [0.2, 0.25) is 5.91 Å². The molecule has 0 saturated carbocycles. The van der Waals surface area contributed by atoms with Crippen molar-refractivity contribution in [3.63, 3.8) is 0 Å². The van der Waals surface area contributed by atoms with Gasteiger partial charge >= 0.3 is 0 Å². The maximum atomic E-state index is 13.0. The van der Waals surface area contributed by atoms with E-state index >= 15 is 0 Å². The highest BCUT2D eigenvalue weighted by Gasteiger charge is 2.27. The minimum absolute atomic E-state index is 0.106. The van der Waals surface area contributed by atoms with Gasteiger partial charge < -0.3 is 10.1 Å². The molecule has 7 heteroatoms. The van der Waals surface area contributed by atoms with Gasteiger partial charge in [0.15, 0.2) is 0 Å². The Kier molecular flexibility index (Phi) is 6.19. The predicted octanol–water partition coefficient (Wildman–Crippen LogP) is 2.19. The minimum Gasteiger partial charge on any atom is -0.497 e. The molecule has 1 amide bonds. The number of nitrogens with zero attached hydrogens (tertiary/aromatic N) is 1. The third kappa shape index (κ3) is 4.60. The number of anilines is 1. The number of amides is 1. The van der Waals surface area contributed by atoms with Crippen molar-refractivity contribution in [2.75, 3.05) is 24.5 Å². The Morgan fingerprint density at radius 2 is 1.92 bits per heavy atom. The van der Waals surface area contributed by atoms with Gasteiger partial charge in [-0.25, -0.2) is 8.42 Å². The third-order valence-corrected chi connectivity index (χ3v) is 5.19. The lowest BCUT2D eigenvalue weighted by molar-refractivity contribution is -0.119. The summed E-state index contributed by atoms with van der Waals surface area (Å²) >= 11 is 0. The fourth-order valence-corrected chi connectivity index (χ4v) is 3.61. The molecule has 25 heavy (non-hydrogen) atoms. The van der Waals surface area contributed by atoms with Crippen LogP contribution in [-0.4, -0.2) is 34.5 Å². The molecule has 132 valence electrons. The molecule has 0 aliphatic heterocycles. The number of nitrogens with one attached hydrogen (secondary N) is 1. The number of benzene rings is 2. The first kappa shape index (κ1) is 18.5. The molecule has 0 aliphatic carbocycles. The second kappa shape index (κ2) is 8.34. The van der Waals surface area contributed by atoms with Crippen molar-refractivity contribution >= 4 is 21.6 Å². The van der Waals surface area contributed by atoms with Crippen molar-refractivity contribution in [1.82, 2.24) is 5.32 Å². The third-order valence-electron chi connectivity index (χ3n) is 3.40. The average Bonchev–Trinajstić information content (AvgIpc) is 2.65. The van der Waals surface area contributed by atoms with Gasteiger partial charge in [-0.2, -0.15) is 0 Å². The molecule has 6 nitrogen and oxygen atoms in total. The zero-order chi connectivity index (χ0) is 18.3. The largest absolute Gasteiger partial charge is 0.497 e. The second-order valence-electron chi connectivity index (χ2n) is 5.12. The van der Waals surface area contributed by atoms with Crippen LogP contribution < -0.4 is 14.4 Å². The lowest BCUT2D eigenvalue weighted by atomic mass is 10.3. The van der Waals surface area contributed by atoms with E-state index in [9.17, 15) is 13.2 Å². The first-order valence-corrected chi connectivity index (χ1v) is 9.02. The number of carbonyl (C=O) groups excluding carboxylic acids is 1. The molecule has 0 bridgehead atoms. The Labute approximate surface area is 147 Å². The van der Waals surface area contributed by atoms with E-state index in [0.717, 1.165) is 4.31 Å². The Hall–Kier alpha value is -2.80. The maximum absolute atomic E-state index is 13.0.